The van der Waals surface area contributed by atoms with Crippen molar-refractivity contribution in [3.63, 3.8) is 0 Å². The SMILES string of the molecule is CC(C)(C)CC(=O)N[C@@H]1CC[C@H]2CCOc3ccccc3C(=O)N3CCN(Cc4cccs4)C[C@H]3C(=O)NC[C@H]1O2. The van der Waals surface area contributed by atoms with Crippen molar-refractivity contribution in [2.24, 2.45) is 5.41 Å². The van der Waals surface area contributed by atoms with E-state index in [9.17, 15) is 14.4 Å². The van der Waals surface area contributed by atoms with E-state index in [1.807, 2.05) is 50.4 Å². The van der Waals surface area contributed by atoms with E-state index in [1.165, 1.54) is 4.88 Å². The number of thiophene rings is 1. The number of fused-ring (bicyclic) bond motifs is 4. The molecule has 0 unspecified atom stereocenters. The first-order valence-corrected chi connectivity index (χ1v) is 15.5. The third kappa shape index (κ3) is 7.67. The molecule has 2 bridgehead atoms. The van der Waals surface area contributed by atoms with Gasteiger partial charge in [0, 0.05) is 50.4 Å². The van der Waals surface area contributed by atoms with Crippen LogP contribution in [0.25, 0.3) is 0 Å². The molecule has 0 aliphatic carbocycles. The molecule has 0 radical (unpaired) electrons. The van der Waals surface area contributed by atoms with Crippen molar-refractivity contribution in [2.45, 2.75) is 77.3 Å². The molecule has 10 heteroatoms. The minimum absolute atomic E-state index is 0.0107. The third-order valence-corrected chi connectivity index (χ3v) is 8.79. The van der Waals surface area contributed by atoms with Crippen molar-refractivity contribution in [3.8, 4) is 5.75 Å². The summed E-state index contributed by atoms with van der Waals surface area (Å²) in [7, 11) is 0. The molecule has 2 N–H and O–H groups in total. The largest absolute Gasteiger partial charge is 0.493 e. The van der Waals surface area contributed by atoms with Crippen molar-refractivity contribution < 1.29 is 23.9 Å². The van der Waals surface area contributed by atoms with E-state index in [0.717, 1.165) is 19.4 Å². The first-order chi connectivity index (χ1) is 19.7. The lowest BCUT2D eigenvalue weighted by molar-refractivity contribution is -0.131. The van der Waals surface area contributed by atoms with Gasteiger partial charge in [0.15, 0.2) is 0 Å². The summed E-state index contributed by atoms with van der Waals surface area (Å²) in [6, 6.07) is 10.5. The number of carbonyl (C=O) groups excluding carboxylic acids is 3. The second kappa shape index (κ2) is 12.9. The van der Waals surface area contributed by atoms with Gasteiger partial charge in [-0.2, -0.15) is 0 Å². The predicted molar refractivity (Wildman–Crippen MR) is 158 cm³/mol. The van der Waals surface area contributed by atoms with Gasteiger partial charge in [-0.25, -0.2) is 0 Å². The summed E-state index contributed by atoms with van der Waals surface area (Å²) in [5.74, 6) is 0.102. The summed E-state index contributed by atoms with van der Waals surface area (Å²) in [4.78, 5) is 45.6. The summed E-state index contributed by atoms with van der Waals surface area (Å²) in [6.07, 6.45) is 2.18. The van der Waals surface area contributed by atoms with Crippen LogP contribution in [0.5, 0.6) is 5.75 Å². The topological polar surface area (TPSA) is 100 Å². The van der Waals surface area contributed by atoms with Crippen LogP contribution in [-0.2, 0) is 20.9 Å². The molecule has 3 amide bonds. The summed E-state index contributed by atoms with van der Waals surface area (Å²) in [5.41, 5.74) is 0.345. The van der Waals surface area contributed by atoms with Crippen LogP contribution in [0.3, 0.4) is 0 Å². The van der Waals surface area contributed by atoms with E-state index in [0.29, 0.717) is 50.4 Å². The van der Waals surface area contributed by atoms with Crippen LogP contribution < -0.4 is 15.4 Å². The number of hydrogen-bond acceptors (Lipinski definition) is 7. The lowest BCUT2D eigenvalue weighted by atomic mass is 9.91. The minimum atomic E-state index is -0.666. The molecule has 1 aromatic carbocycles. The highest BCUT2D eigenvalue weighted by Crippen LogP contribution is 2.27. The molecule has 2 fully saturated rings. The highest BCUT2D eigenvalue weighted by molar-refractivity contribution is 7.09. The van der Waals surface area contributed by atoms with Crippen molar-refractivity contribution in [1.29, 1.82) is 0 Å². The van der Waals surface area contributed by atoms with Crippen LogP contribution in [0.2, 0.25) is 0 Å². The van der Waals surface area contributed by atoms with E-state index in [1.54, 1.807) is 22.3 Å². The Bertz CT molecular complexity index is 1210. The van der Waals surface area contributed by atoms with Gasteiger partial charge in [0.1, 0.15) is 11.8 Å². The molecule has 2 aromatic rings. The molecule has 9 nitrogen and oxygen atoms in total. The zero-order valence-corrected chi connectivity index (χ0v) is 25.1. The minimum Gasteiger partial charge on any atom is -0.493 e. The van der Waals surface area contributed by atoms with E-state index in [4.69, 9.17) is 9.47 Å². The van der Waals surface area contributed by atoms with Crippen molar-refractivity contribution in [1.82, 2.24) is 20.4 Å². The first kappa shape index (κ1) is 29.5. The van der Waals surface area contributed by atoms with Crippen molar-refractivity contribution in [3.05, 3.63) is 52.2 Å². The van der Waals surface area contributed by atoms with Crippen LogP contribution in [-0.4, -0.2) is 84.6 Å². The highest BCUT2D eigenvalue weighted by atomic mass is 32.1. The van der Waals surface area contributed by atoms with E-state index >= 15 is 0 Å². The maximum absolute atomic E-state index is 13.9. The molecule has 41 heavy (non-hydrogen) atoms. The van der Waals surface area contributed by atoms with E-state index in [2.05, 4.69) is 21.6 Å². The fraction of sp³-hybridized carbons (Fsp3) is 0.581. The number of para-hydroxylation sites is 1. The smallest absolute Gasteiger partial charge is 0.258 e. The fourth-order valence-electron chi connectivity index (χ4n) is 5.89. The van der Waals surface area contributed by atoms with Gasteiger partial charge in [0.05, 0.1) is 30.4 Å². The molecule has 3 aliphatic rings. The highest BCUT2D eigenvalue weighted by Gasteiger charge is 2.39. The molecule has 1 aromatic heterocycles. The molecular weight excluding hydrogens is 540 g/mol. The van der Waals surface area contributed by atoms with E-state index < -0.39 is 6.04 Å². The Morgan fingerprint density at radius 3 is 2.71 bits per heavy atom. The Morgan fingerprint density at radius 2 is 1.93 bits per heavy atom. The molecule has 2 saturated heterocycles. The molecule has 222 valence electrons. The summed E-state index contributed by atoms with van der Waals surface area (Å²) in [5, 5.41) is 8.32. The summed E-state index contributed by atoms with van der Waals surface area (Å²) < 4.78 is 12.6. The Labute approximate surface area is 246 Å². The van der Waals surface area contributed by atoms with Crippen molar-refractivity contribution >= 4 is 29.1 Å². The number of benzene rings is 1. The molecule has 4 heterocycles. The average Bonchev–Trinajstić information content (AvgIpc) is 3.44. The zero-order valence-electron chi connectivity index (χ0n) is 24.3. The number of hydrogen-bond donors (Lipinski definition) is 2. The van der Waals surface area contributed by atoms with Gasteiger partial charge in [-0.15, -0.1) is 11.3 Å². The second-order valence-electron chi connectivity index (χ2n) is 12.5. The molecule has 0 spiro atoms. The monoisotopic (exact) mass is 582 g/mol. The van der Waals surface area contributed by atoms with Crippen molar-refractivity contribution in [2.75, 3.05) is 32.8 Å². The molecule has 4 atom stereocenters. The summed E-state index contributed by atoms with van der Waals surface area (Å²) >= 11 is 1.69. The third-order valence-electron chi connectivity index (χ3n) is 7.93. The number of rotatable bonds is 4. The summed E-state index contributed by atoms with van der Waals surface area (Å²) in [6.45, 7) is 9.06. The maximum Gasteiger partial charge on any atom is 0.258 e. The standard InChI is InChI=1S/C31H42N4O5S/c1-31(2,3)17-28(36)33-24-11-10-21-12-15-39-26-9-5-4-8-23(26)30(38)35-14-13-34(19-22-7-6-16-41-22)20-25(35)29(37)32-18-27(24)40-21/h4-9,16,21,24-25,27H,10-15,17-20H2,1-3H3,(H,32,37)(H,33,36)/t21-,24+,25-,27+/m0/s1. The van der Waals surface area contributed by atoms with Crippen LogP contribution in [0, 0.1) is 5.41 Å². The Kier molecular flexibility index (Phi) is 9.31. The Balaban J connectivity index is 1.37. The van der Waals surface area contributed by atoms with Crippen LogP contribution >= 0.6 is 11.3 Å². The van der Waals surface area contributed by atoms with Gasteiger partial charge in [-0.05, 0) is 41.8 Å². The number of nitrogens with zero attached hydrogens (tertiary/aromatic N) is 2. The normalized spacial score (nSPS) is 26.2. The van der Waals surface area contributed by atoms with Gasteiger partial charge in [0.25, 0.3) is 5.91 Å². The molecular formula is C31H42N4O5S. The predicted octanol–water partition coefficient (Wildman–Crippen LogP) is 3.44. The zero-order chi connectivity index (χ0) is 29.0. The fourth-order valence-corrected chi connectivity index (χ4v) is 6.63. The first-order valence-electron chi connectivity index (χ1n) is 14.7. The van der Waals surface area contributed by atoms with Gasteiger partial charge in [-0.3, -0.25) is 19.3 Å². The maximum atomic E-state index is 13.9. The quantitative estimate of drug-likeness (QED) is 0.573. The Morgan fingerprint density at radius 1 is 1.10 bits per heavy atom. The molecule has 0 saturated carbocycles. The molecule has 3 aliphatic heterocycles. The lowest BCUT2D eigenvalue weighted by Gasteiger charge is -2.42. The van der Waals surface area contributed by atoms with Crippen LogP contribution in [0.4, 0.5) is 0 Å². The van der Waals surface area contributed by atoms with Crippen LogP contribution in [0.15, 0.2) is 41.8 Å². The average molecular weight is 583 g/mol. The number of piperazine rings is 1. The van der Waals surface area contributed by atoms with Gasteiger partial charge >= 0.3 is 0 Å². The number of nitrogens with one attached hydrogen (secondary N) is 2. The number of ether oxygens (including phenoxy) is 2. The van der Waals surface area contributed by atoms with E-state index in [-0.39, 0.29) is 47.9 Å². The second-order valence-corrected chi connectivity index (χ2v) is 13.5. The Hall–Kier alpha value is -2.95. The van der Waals surface area contributed by atoms with Gasteiger partial charge in [0.2, 0.25) is 11.8 Å². The lowest BCUT2D eigenvalue weighted by Crippen LogP contribution is -2.62. The number of amides is 3. The van der Waals surface area contributed by atoms with Crippen LogP contribution in [0.1, 0.15) is 61.7 Å². The molecule has 5 rings (SSSR count). The van der Waals surface area contributed by atoms with Gasteiger partial charge in [-0.1, -0.05) is 39.0 Å². The van der Waals surface area contributed by atoms with Gasteiger partial charge < -0.3 is 25.0 Å². The number of carbonyl (C=O) groups is 3.